The van der Waals surface area contributed by atoms with Gasteiger partial charge in [-0.05, 0) is 348 Å². The van der Waals surface area contributed by atoms with E-state index in [9.17, 15) is 0 Å². The summed E-state index contributed by atoms with van der Waals surface area (Å²) in [5, 5.41) is 0.762. The molecule has 2 heterocycles. The Kier molecular flexibility index (Phi) is 20.2. The van der Waals surface area contributed by atoms with Gasteiger partial charge < -0.3 is 19.6 Å². The average Bonchev–Trinajstić information content (AvgIpc) is 0.687. The first-order valence-electron chi connectivity index (χ1n) is 45.4. The van der Waals surface area contributed by atoms with E-state index in [0.29, 0.717) is 0 Å². The lowest BCUT2D eigenvalue weighted by Gasteiger charge is -2.57. The SMILES string of the molecule is CC(C)(C)c1ccc(N(c2ccc(C(C)(C)C)cc2)c2cc(C34CC5CC(CC(C5)C3)C4)cc(N(c3ccc(C(C)(C)C)cc3)c3ccc(C(C)(C)C)cc3)c2Cl)cc1.CC(C)(C)c1ccc(N2c3ccc(C(C)(C)C)cc3B3c4cc(C(C)(C)C)ccc4N(c4ccc(C(C)(C)C)cc4)c4cc(C56CC7CC(CC(C7)C5)C6)cc2c43)cc1. The molecule has 8 aliphatic carbocycles. The summed E-state index contributed by atoms with van der Waals surface area (Å²) in [5.41, 5.74) is 33.4. The van der Waals surface area contributed by atoms with E-state index in [4.69, 9.17) is 11.6 Å². The van der Waals surface area contributed by atoms with Crippen molar-refractivity contribution in [2.24, 2.45) is 35.5 Å². The van der Waals surface area contributed by atoms with Gasteiger partial charge in [-0.3, -0.25) is 0 Å². The van der Waals surface area contributed by atoms with Gasteiger partial charge in [0.05, 0.1) is 16.4 Å². The van der Waals surface area contributed by atoms with Crippen LogP contribution in [0.15, 0.2) is 206 Å². The second kappa shape index (κ2) is 29.0. The molecule has 614 valence electrons. The molecule has 0 radical (unpaired) electrons. The number of hydrogen-bond donors (Lipinski definition) is 0. The number of fused-ring (bicyclic) bond motifs is 4. The Bertz CT molecular complexity index is 4890. The van der Waals surface area contributed by atoms with E-state index < -0.39 is 0 Å². The van der Waals surface area contributed by atoms with E-state index in [1.165, 1.54) is 178 Å². The molecule has 10 aliphatic rings. The minimum atomic E-state index is 0.0191. The van der Waals surface area contributed by atoms with Crippen molar-refractivity contribution in [3.63, 3.8) is 0 Å². The highest BCUT2D eigenvalue weighted by Crippen LogP contribution is 2.65. The van der Waals surface area contributed by atoms with Crippen molar-refractivity contribution in [2.75, 3.05) is 19.6 Å². The summed E-state index contributed by atoms with van der Waals surface area (Å²) in [7, 11) is 0. The monoisotopic (exact) mass is 1580 g/mol. The lowest BCUT2D eigenvalue weighted by Crippen LogP contribution is -2.62. The smallest absolute Gasteiger partial charge is 0.252 e. The lowest BCUT2D eigenvalue weighted by molar-refractivity contribution is -0.00526. The van der Waals surface area contributed by atoms with Gasteiger partial charge in [-0.1, -0.05) is 275 Å². The Morgan fingerprint density at radius 3 is 0.729 bits per heavy atom. The molecule has 20 rings (SSSR count). The second-order valence-corrected chi connectivity index (χ2v) is 47.1. The normalized spacial score (nSPS) is 22.6. The highest BCUT2D eigenvalue weighted by Gasteiger charge is 2.55. The van der Waals surface area contributed by atoms with E-state index in [2.05, 4.69) is 392 Å². The van der Waals surface area contributed by atoms with E-state index >= 15 is 0 Å². The fraction of sp³-hybridized carbons (Fsp3) is 0.464. The fourth-order valence-electron chi connectivity index (χ4n) is 23.5. The lowest BCUT2D eigenvalue weighted by atomic mass is 9.33. The Morgan fingerprint density at radius 2 is 0.492 bits per heavy atom. The highest BCUT2D eigenvalue weighted by molar-refractivity contribution is 7.00. The summed E-state index contributed by atoms with van der Waals surface area (Å²) in [4.78, 5) is 10.2. The highest BCUT2D eigenvalue weighted by atomic mass is 35.5. The first-order chi connectivity index (χ1) is 55.3. The zero-order chi connectivity index (χ0) is 83.9. The maximum absolute atomic E-state index is 8.11. The third kappa shape index (κ3) is 15.3. The molecule has 0 aromatic heterocycles. The minimum Gasteiger partial charge on any atom is -0.311 e. The van der Waals surface area contributed by atoms with Crippen LogP contribution < -0.4 is 36.0 Å². The zero-order valence-corrected chi connectivity index (χ0v) is 77.1. The third-order valence-corrected chi connectivity index (χ3v) is 30.0. The molecular formula is C112H136BClN4. The summed E-state index contributed by atoms with van der Waals surface area (Å²) in [6, 6.07) is 81.5. The third-order valence-electron chi connectivity index (χ3n) is 29.6. The van der Waals surface area contributed by atoms with E-state index in [-0.39, 0.29) is 60.9 Å². The maximum atomic E-state index is 8.11. The summed E-state index contributed by atoms with van der Waals surface area (Å²) in [6.07, 6.45) is 16.4. The van der Waals surface area contributed by atoms with Crippen LogP contribution in [0.4, 0.5) is 68.2 Å². The number of anilines is 12. The fourth-order valence-corrected chi connectivity index (χ4v) is 23.8. The molecule has 0 spiro atoms. The number of benzene rings is 10. The van der Waals surface area contributed by atoms with Gasteiger partial charge in [0.15, 0.2) is 0 Å². The van der Waals surface area contributed by atoms with Gasteiger partial charge in [-0.25, -0.2) is 0 Å². The van der Waals surface area contributed by atoms with Gasteiger partial charge in [0.2, 0.25) is 0 Å². The predicted octanol–water partition coefficient (Wildman–Crippen LogP) is 30.4. The van der Waals surface area contributed by atoms with Gasteiger partial charge in [0.1, 0.15) is 0 Å². The Hall–Kier alpha value is -8.25. The molecular weight excluding hydrogens is 1450 g/mol. The van der Waals surface area contributed by atoms with E-state index in [0.717, 1.165) is 74.7 Å². The largest absolute Gasteiger partial charge is 0.311 e. The van der Waals surface area contributed by atoms with Gasteiger partial charge >= 0.3 is 0 Å². The van der Waals surface area contributed by atoms with Crippen molar-refractivity contribution < 1.29 is 0 Å². The number of hydrogen-bond acceptors (Lipinski definition) is 4. The molecule has 8 saturated carbocycles. The van der Waals surface area contributed by atoms with Crippen molar-refractivity contribution >= 4 is 103 Å². The van der Waals surface area contributed by atoms with Crippen LogP contribution in [0.25, 0.3) is 0 Å². The maximum Gasteiger partial charge on any atom is 0.252 e. The molecule has 6 heteroatoms. The van der Waals surface area contributed by atoms with Crippen LogP contribution in [0.1, 0.15) is 299 Å². The van der Waals surface area contributed by atoms with Gasteiger partial charge in [0, 0.05) is 56.9 Å². The van der Waals surface area contributed by atoms with Crippen LogP contribution in [-0.4, -0.2) is 6.71 Å². The summed E-state index contributed by atoms with van der Waals surface area (Å²) in [5.74, 6) is 5.08. The predicted molar refractivity (Wildman–Crippen MR) is 511 cm³/mol. The summed E-state index contributed by atoms with van der Waals surface area (Å²) >= 11 is 8.11. The van der Waals surface area contributed by atoms with Crippen molar-refractivity contribution in [2.45, 2.75) is 297 Å². The molecule has 8 bridgehead atoms. The van der Waals surface area contributed by atoms with Crippen LogP contribution in [0, 0.1) is 35.5 Å². The van der Waals surface area contributed by atoms with Crippen LogP contribution in [0.3, 0.4) is 0 Å². The summed E-state index contributed by atoms with van der Waals surface area (Å²) in [6.45, 7) is 55.8. The van der Waals surface area contributed by atoms with Crippen molar-refractivity contribution in [3.8, 4) is 0 Å². The second-order valence-electron chi connectivity index (χ2n) is 46.8. The van der Waals surface area contributed by atoms with Gasteiger partial charge in [-0.2, -0.15) is 0 Å². The van der Waals surface area contributed by atoms with Gasteiger partial charge in [0.25, 0.3) is 6.71 Å². The topological polar surface area (TPSA) is 13.0 Å². The van der Waals surface area contributed by atoms with Crippen molar-refractivity contribution in [1.82, 2.24) is 0 Å². The molecule has 0 atom stereocenters. The first-order valence-corrected chi connectivity index (χ1v) is 45.8. The first kappa shape index (κ1) is 82.1. The quantitative estimate of drug-likeness (QED) is 0.127. The average molecular weight is 1580 g/mol. The number of halogens is 1. The Balaban J connectivity index is 0.000000169. The van der Waals surface area contributed by atoms with Crippen LogP contribution in [0.2, 0.25) is 5.02 Å². The molecule has 0 amide bonds. The minimum absolute atomic E-state index is 0.0191. The number of nitrogens with zero attached hydrogens (tertiary/aromatic N) is 4. The van der Waals surface area contributed by atoms with E-state index in [1.807, 2.05) is 0 Å². The molecule has 10 aromatic carbocycles. The standard InChI is InChI=1S/C56H67BN2.C56H69ClN2/c1-52(2,3)38-13-19-43(20-14-38)58-47-23-17-40(54(7,8)9)28-45(47)57-46-29-41(55(10,11)12)18-24-48(46)59(44-21-15-39(16-22-44)53(4,5)6)50-31-42(30-49(58)51(50)57)56-32-35-25-36(33-56)27-37(26-35)34-56;1-52(2,3)40-13-21-45(22-14-40)58(46-23-15-41(16-24-46)53(4,5)6)49-32-44(56-34-37-29-38(35-56)31-39(30-37)36-56)33-50(51(49)57)59(47-25-17-42(18-26-47)54(7,8)9)48-27-19-43(20-28-48)55(10,11)12/h13-24,28-31,35-37H,25-27,32-34H2,1-12H3;13-28,32-33,37-39H,29-31,34-36H2,1-12H3. The summed E-state index contributed by atoms with van der Waals surface area (Å²) < 4.78 is 0. The molecule has 118 heavy (non-hydrogen) atoms. The molecule has 10 aromatic rings. The Labute approximate surface area is 717 Å². The van der Waals surface area contributed by atoms with Crippen LogP contribution in [-0.2, 0) is 54.1 Å². The van der Waals surface area contributed by atoms with Crippen LogP contribution >= 0.6 is 11.6 Å². The molecule has 0 N–H and O–H groups in total. The molecule has 2 aliphatic heterocycles. The van der Waals surface area contributed by atoms with Crippen LogP contribution in [0.5, 0.6) is 0 Å². The molecule has 8 fully saturated rings. The molecule has 0 unspecified atom stereocenters. The van der Waals surface area contributed by atoms with Crippen molar-refractivity contribution in [3.05, 3.63) is 267 Å². The molecule has 0 saturated heterocycles. The number of rotatable bonds is 10. The zero-order valence-electron chi connectivity index (χ0n) is 76.3. The van der Waals surface area contributed by atoms with Crippen molar-refractivity contribution in [1.29, 1.82) is 0 Å². The van der Waals surface area contributed by atoms with Gasteiger partial charge in [-0.15, -0.1) is 0 Å². The van der Waals surface area contributed by atoms with E-state index in [1.54, 1.807) is 5.56 Å². The Morgan fingerprint density at radius 1 is 0.271 bits per heavy atom. The molecule has 4 nitrogen and oxygen atoms in total.